The van der Waals surface area contributed by atoms with Crippen molar-refractivity contribution < 1.29 is 13.2 Å². The van der Waals surface area contributed by atoms with E-state index in [0.29, 0.717) is 34.8 Å². The maximum atomic E-state index is 12.5. The Bertz CT molecular complexity index is 1260. The van der Waals surface area contributed by atoms with E-state index in [2.05, 4.69) is 24.8 Å². The lowest BCUT2D eigenvalue weighted by Crippen LogP contribution is -2.13. The molecule has 1 aromatic carbocycles. The topological polar surface area (TPSA) is 117 Å². The molecule has 0 saturated heterocycles. The lowest BCUT2D eigenvalue weighted by molar-refractivity contribution is 0.459. The second kappa shape index (κ2) is 7.59. The summed E-state index contributed by atoms with van der Waals surface area (Å²) in [5.74, 6) is 2.57. The monoisotopic (exact) mass is 425 g/mol. The van der Waals surface area contributed by atoms with Crippen molar-refractivity contribution in [1.29, 1.82) is 0 Å². The van der Waals surface area contributed by atoms with Gasteiger partial charge in [-0.25, -0.2) is 14.6 Å². The first-order valence-electron chi connectivity index (χ1n) is 8.96. The first-order valence-corrected chi connectivity index (χ1v) is 10.4. The summed E-state index contributed by atoms with van der Waals surface area (Å²) in [5.41, 5.74) is 0.391. The van der Waals surface area contributed by atoms with Gasteiger partial charge >= 0.3 is 0 Å². The summed E-state index contributed by atoms with van der Waals surface area (Å²) in [7, 11) is -2.04. The number of sulfonamides is 1. The van der Waals surface area contributed by atoms with Crippen molar-refractivity contribution in [2.45, 2.75) is 18.9 Å². The zero-order valence-corrected chi connectivity index (χ0v) is 17.3. The number of nitrogens with one attached hydrogen (secondary N) is 1. The standard InChI is InChI=1S/C19H19N7O3S/c1-13-21-17(26-10-4-9-20-26)11-18(22-13)29-16-7-5-15(6-8-16)24-30(27,28)19-12-25(3)14(2)23-19/h4-12,24H,1-3H3. The minimum atomic E-state index is -3.78. The molecule has 154 valence electrons. The second-order valence-electron chi connectivity index (χ2n) is 6.53. The first-order chi connectivity index (χ1) is 14.3. The maximum Gasteiger partial charge on any atom is 0.280 e. The molecule has 0 unspecified atom stereocenters. The van der Waals surface area contributed by atoms with E-state index >= 15 is 0 Å². The molecule has 11 heteroatoms. The SMILES string of the molecule is Cc1nc(Oc2ccc(NS(=O)(=O)c3cn(C)c(C)n3)cc2)cc(-n2cccn2)n1. The molecular weight excluding hydrogens is 406 g/mol. The molecule has 0 radical (unpaired) electrons. The minimum absolute atomic E-state index is 0.0366. The molecule has 4 rings (SSSR count). The van der Waals surface area contributed by atoms with Crippen molar-refractivity contribution in [3.63, 3.8) is 0 Å². The summed E-state index contributed by atoms with van der Waals surface area (Å²) in [6, 6.07) is 9.96. The third-order valence-corrected chi connectivity index (χ3v) is 5.48. The van der Waals surface area contributed by atoms with E-state index in [9.17, 15) is 8.42 Å². The number of rotatable bonds is 6. The summed E-state index contributed by atoms with van der Waals surface area (Å²) in [4.78, 5) is 12.7. The number of nitrogens with zero attached hydrogens (tertiary/aromatic N) is 6. The Hall–Kier alpha value is -3.73. The number of hydrogen-bond acceptors (Lipinski definition) is 7. The highest BCUT2D eigenvalue weighted by Gasteiger charge is 2.18. The fraction of sp³-hybridized carbons (Fsp3) is 0.158. The van der Waals surface area contributed by atoms with Crippen LogP contribution < -0.4 is 9.46 Å². The van der Waals surface area contributed by atoms with Crippen molar-refractivity contribution in [2.75, 3.05) is 4.72 Å². The van der Waals surface area contributed by atoms with Gasteiger partial charge in [0.1, 0.15) is 17.4 Å². The Balaban J connectivity index is 1.50. The van der Waals surface area contributed by atoms with Gasteiger partial charge in [-0.2, -0.15) is 18.5 Å². The molecular formula is C19H19N7O3S. The Kier molecular flexibility index (Phi) is 4.96. The molecule has 30 heavy (non-hydrogen) atoms. The molecule has 0 amide bonds. The highest BCUT2D eigenvalue weighted by molar-refractivity contribution is 7.92. The number of benzene rings is 1. The fourth-order valence-corrected chi connectivity index (χ4v) is 3.77. The van der Waals surface area contributed by atoms with Crippen LogP contribution in [0.15, 0.2) is 60.0 Å². The van der Waals surface area contributed by atoms with Crippen LogP contribution in [0.2, 0.25) is 0 Å². The zero-order valence-electron chi connectivity index (χ0n) is 16.5. The highest BCUT2D eigenvalue weighted by Crippen LogP contribution is 2.24. The molecule has 1 N–H and O–H groups in total. The molecule has 0 bridgehead atoms. The van der Waals surface area contributed by atoms with Crippen molar-refractivity contribution in [1.82, 2.24) is 29.3 Å². The molecule has 10 nitrogen and oxygen atoms in total. The number of imidazole rings is 1. The Morgan fingerprint density at radius 3 is 2.47 bits per heavy atom. The van der Waals surface area contributed by atoms with Crippen LogP contribution in [-0.4, -0.2) is 37.7 Å². The number of ether oxygens (including phenoxy) is 1. The Morgan fingerprint density at radius 2 is 1.83 bits per heavy atom. The van der Waals surface area contributed by atoms with Gasteiger partial charge in [0.2, 0.25) is 5.88 Å². The van der Waals surface area contributed by atoms with E-state index in [4.69, 9.17) is 4.74 Å². The van der Waals surface area contributed by atoms with Crippen molar-refractivity contribution in [3.05, 3.63) is 66.6 Å². The summed E-state index contributed by atoms with van der Waals surface area (Å²) in [6.07, 6.45) is 4.89. The summed E-state index contributed by atoms with van der Waals surface area (Å²) >= 11 is 0. The van der Waals surface area contributed by atoms with Crippen LogP contribution >= 0.6 is 0 Å². The number of hydrogen-bond donors (Lipinski definition) is 1. The quantitative estimate of drug-likeness (QED) is 0.505. The molecule has 0 aliphatic rings. The van der Waals surface area contributed by atoms with E-state index in [1.54, 1.807) is 78.9 Å². The second-order valence-corrected chi connectivity index (χ2v) is 8.16. The third kappa shape index (κ3) is 4.15. The van der Waals surface area contributed by atoms with Crippen LogP contribution in [0.1, 0.15) is 11.6 Å². The smallest absolute Gasteiger partial charge is 0.280 e. The molecule has 3 heterocycles. The predicted octanol–water partition coefficient (Wildman–Crippen LogP) is 2.61. The van der Waals surface area contributed by atoms with Gasteiger partial charge in [-0.15, -0.1) is 0 Å². The van der Waals surface area contributed by atoms with Crippen molar-refractivity contribution in [2.24, 2.45) is 7.05 Å². The number of aryl methyl sites for hydroxylation is 3. The Morgan fingerprint density at radius 1 is 1.07 bits per heavy atom. The average molecular weight is 425 g/mol. The lowest BCUT2D eigenvalue weighted by Gasteiger charge is -2.09. The van der Waals surface area contributed by atoms with E-state index < -0.39 is 10.0 Å². The Labute approximate surface area is 173 Å². The van der Waals surface area contributed by atoms with Crippen molar-refractivity contribution >= 4 is 15.7 Å². The molecule has 0 aliphatic carbocycles. The van der Waals surface area contributed by atoms with Gasteiger partial charge < -0.3 is 9.30 Å². The first kappa shape index (κ1) is 19.6. The molecule has 0 saturated carbocycles. The highest BCUT2D eigenvalue weighted by atomic mass is 32.2. The van der Waals surface area contributed by atoms with E-state index in [0.717, 1.165) is 0 Å². The minimum Gasteiger partial charge on any atom is -0.439 e. The van der Waals surface area contributed by atoms with Crippen LogP contribution in [-0.2, 0) is 17.1 Å². The van der Waals surface area contributed by atoms with Crippen LogP contribution in [0.3, 0.4) is 0 Å². The summed E-state index contributed by atoms with van der Waals surface area (Å²) < 4.78 is 36.5. The van der Waals surface area contributed by atoms with E-state index in [-0.39, 0.29) is 5.03 Å². The third-order valence-electron chi connectivity index (χ3n) is 4.23. The van der Waals surface area contributed by atoms with Gasteiger partial charge in [0, 0.05) is 37.4 Å². The fourth-order valence-electron chi connectivity index (χ4n) is 2.67. The van der Waals surface area contributed by atoms with Crippen LogP contribution in [0.25, 0.3) is 5.82 Å². The van der Waals surface area contributed by atoms with Gasteiger partial charge in [-0.05, 0) is 44.2 Å². The molecule has 3 aromatic heterocycles. The number of aromatic nitrogens is 6. The van der Waals surface area contributed by atoms with Crippen LogP contribution in [0.5, 0.6) is 11.6 Å². The molecule has 0 atom stereocenters. The van der Waals surface area contributed by atoms with E-state index in [1.807, 2.05) is 0 Å². The predicted molar refractivity (Wildman–Crippen MR) is 109 cm³/mol. The molecule has 0 fully saturated rings. The van der Waals surface area contributed by atoms with Crippen LogP contribution in [0.4, 0.5) is 5.69 Å². The summed E-state index contributed by atoms with van der Waals surface area (Å²) in [6.45, 7) is 3.49. The lowest BCUT2D eigenvalue weighted by atomic mass is 10.3. The summed E-state index contributed by atoms with van der Waals surface area (Å²) in [5, 5.41) is 4.12. The number of anilines is 1. The molecule has 0 aliphatic heterocycles. The van der Waals surface area contributed by atoms with Crippen LogP contribution in [0, 0.1) is 13.8 Å². The van der Waals surface area contributed by atoms with Gasteiger partial charge in [-0.1, -0.05) is 0 Å². The average Bonchev–Trinajstić information content (AvgIpc) is 3.34. The molecule has 0 spiro atoms. The molecule has 4 aromatic rings. The van der Waals surface area contributed by atoms with Gasteiger partial charge in [0.25, 0.3) is 10.0 Å². The van der Waals surface area contributed by atoms with Gasteiger partial charge in [0.05, 0.1) is 0 Å². The zero-order chi connectivity index (χ0) is 21.3. The normalized spacial score (nSPS) is 11.4. The van der Waals surface area contributed by atoms with E-state index in [1.165, 1.54) is 6.20 Å². The van der Waals surface area contributed by atoms with Gasteiger partial charge in [0.15, 0.2) is 10.8 Å². The largest absolute Gasteiger partial charge is 0.439 e. The maximum absolute atomic E-state index is 12.5. The van der Waals surface area contributed by atoms with Crippen molar-refractivity contribution in [3.8, 4) is 17.4 Å². The van der Waals surface area contributed by atoms with Gasteiger partial charge in [-0.3, -0.25) is 4.72 Å².